The molecule has 442 valence electrons. The van der Waals surface area contributed by atoms with Crippen LogP contribution in [0.5, 0.6) is 0 Å². The summed E-state index contributed by atoms with van der Waals surface area (Å²) in [6.45, 7) is 12.0. The molecule has 3 aromatic carbocycles. The Labute approximate surface area is 463 Å². The van der Waals surface area contributed by atoms with Crippen LogP contribution in [0.25, 0.3) is 22.5 Å². The van der Waals surface area contributed by atoms with Crippen LogP contribution < -0.4 is 5.32 Å². The number of sulfone groups is 2. The molecule has 2 aliphatic heterocycles. The first-order valence-corrected chi connectivity index (χ1v) is 28.5. The fraction of sp³-hybridized carbons (Fsp3) is 0.491. The SMILES string of the molecule is CC(C)(C)OC(=O)C1(S(=O)(=O)c2ccc(-c3cnc(CCC(F)(F)C(F)(F)F)cn3)cc2)CCN(Cc2ccccc2)CC1.CC(C)(C)OC(=O)C1(S(=O)(=O)c2ccc(-c3cnc(CCC(F)(F)C(F)(F)F)cn3)cc2)CCNCC1. The molecule has 7 rings (SSSR count). The summed E-state index contributed by atoms with van der Waals surface area (Å²) in [5.74, 6) is -11.3. The van der Waals surface area contributed by atoms with Gasteiger partial charge in [-0.2, -0.15) is 43.9 Å². The first-order chi connectivity index (χ1) is 37.4. The van der Waals surface area contributed by atoms with E-state index in [1.165, 1.54) is 60.9 Å². The maximum Gasteiger partial charge on any atom is 0.453 e. The van der Waals surface area contributed by atoms with Crippen molar-refractivity contribution in [3.05, 3.63) is 121 Å². The molecule has 0 spiro atoms. The highest BCUT2D eigenvalue weighted by molar-refractivity contribution is 7.94. The Morgan fingerprint density at radius 1 is 0.531 bits per heavy atom. The van der Waals surface area contributed by atoms with Gasteiger partial charge in [0.2, 0.25) is 0 Å². The number of halogens is 10. The lowest BCUT2D eigenvalue weighted by molar-refractivity contribution is -0.284. The van der Waals surface area contributed by atoms with E-state index in [1.54, 1.807) is 41.5 Å². The Bertz CT molecular complexity index is 3160. The van der Waals surface area contributed by atoms with Crippen molar-refractivity contribution in [2.75, 3.05) is 26.2 Å². The third-order valence-electron chi connectivity index (χ3n) is 13.4. The third-order valence-corrected chi connectivity index (χ3v) is 18.4. The topological polar surface area (TPSA) is 188 Å². The molecule has 2 saturated heterocycles. The van der Waals surface area contributed by atoms with Gasteiger partial charge < -0.3 is 14.8 Å². The van der Waals surface area contributed by atoms with E-state index in [-0.39, 0.29) is 58.2 Å². The zero-order valence-corrected chi connectivity index (χ0v) is 46.7. The van der Waals surface area contributed by atoms with Crippen molar-refractivity contribution in [3.63, 3.8) is 0 Å². The summed E-state index contributed by atoms with van der Waals surface area (Å²) in [6.07, 6.45) is -10.7. The number of esters is 2. The first kappa shape index (κ1) is 64.1. The minimum atomic E-state index is -5.65. The number of nitrogens with zero attached hydrogens (tertiary/aromatic N) is 5. The molecule has 0 bridgehead atoms. The summed E-state index contributed by atoms with van der Waals surface area (Å²) in [5, 5.41) is 3.06. The van der Waals surface area contributed by atoms with Crippen molar-refractivity contribution in [1.29, 1.82) is 0 Å². The van der Waals surface area contributed by atoms with E-state index in [9.17, 15) is 70.3 Å². The molecule has 0 saturated carbocycles. The summed E-state index contributed by atoms with van der Waals surface area (Å²) < 4.78 is 190. The molecule has 5 aromatic rings. The van der Waals surface area contributed by atoms with Crippen LogP contribution >= 0.6 is 0 Å². The number of piperidine rings is 2. The van der Waals surface area contributed by atoms with Gasteiger partial charge in [0, 0.05) is 56.0 Å². The van der Waals surface area contributed by atoms with Gasteiger partial charge in [0.05, 0.1) is 45.0 Å². The van der Waals surface area contributed by atoms with E-state index in [0.717, 1.165) is 18.0 Å². The zero-order chi connectivity index (χ0) is 60.1. The second-order valence-electron chi connectivity index (χ2n) is 21.8. The highest BCUT2D eigenvalue weighted by Crippen LogP contribution is 2.42. The van der Waals surface area contributed by atoms with Crippen molar-refractivity contribution >= 4 is 31.6 Å². The predicted molar refractivity (Wildman–Crippen MR) is 278 cm³/mol. The number of rotatable bonds is 16. The molecule has 2 aromatic heterocycles. The van der Waals surface area contributed by atoms with Crippen LogP contribution in [-0.4, -0.2) is 125 Å². The van der Waals surface area contributed by atoms with Crippen LogP contribution in [0.1, 0.15) is 97.0 Å². The van der Waals surface area contributed by atoms with Crippen LogP contribution in [0.2, 0.25) is 0 Å². The summed E-state index contributed by atoms with van der Waals surface area (Å²) in [6, 6.07) is 21.0. The number of hydrogen-bond donors (Lipinski definition) is 1. The third kappa shape index (κ3) is 15.3. The minimum Gasteiger partial charge on any atom is -0.459 e. The maximum atomic E-state index is 14.1. The lowest BCUT2D eigenvalue weighted by Gasteiger charge is -2.40. The first-order valence-electron chi connectivity index (χ1n) is 25.6. The molecular weight excluding hydrogens is 1130 g/mol. The standard InChI is InChI=1S/C31H34F5N3O4S.C24H28F5N3O4S/c1-28(2,3)43-27(40)29(15-17-39(18-16-29)21-22-7-5-4-6-8-22)44(41,42)25-11-9-23(10-12-25)26-20-37-24(19-38-26)13-14-30(32,33)31(34,35)36;1-21(2,3)36-20(33)22(10-12-30-13-11-22)37(34,35)18-6-4-16(5-7-18)19-15-31-17(14-32-19)8-9-23(25,26)24(27,28)29/h4-12,19-20H,13-18,21H2,1-3H3;4-7,14-15,30H,8-13H2,1-3H3. The Morgan fingerprint density at radius 2 is 0.901 bits per heavy atom. The van der Waals surface area contributed by atoms with E-state index >= 15 is 0 Å². The largest absolute Gasteiger partial charge is 0.459 e. The van der Waals surface area contributed by atoms with E-state index in [1.807, 2.05) is 30.3 Å². The predicted octanol–water partition coefficient (Wildman–Crippen LogP) is 10.9. The number of aromatic nitrogens is 4. The molecule has 0 atom stereocenters. The summed E-state index contributed by atoms with van der Waals surface area (Å²) >= 11 is 0. The van der Waals surface area contributed by atoms with Crippen molar-refractivity contribution < 1.29 is 79.8 Å². The van der Waals surface area contributed by atoms with Gasteiger partial charge in [0.15, 0.2) is 29.2 Å². The minimum absolute atomic E-state index is 0.0408. The van der Waals surface area contributed by atoms with Gasteiger partial charge in [-0.25, -0.2) is 16.8 Å². The summed E-state index contributed by atoms with van der Waals surface area (Å²) in [7, 11) is -8.38. The number of benzene rings is 3. The molecule has 0 amide bonds. The number of carbonyl (C=O) groups is 2. The Kier molecular flexibility index (Phi) is 19.3. The molecule has 1 N–H and O–H groups in total. The van der Waals surface area contributed by atoms with Gasteiger partial charge in [0.25, 0.3) is 0 Å². The monoisotopic (exact) mass is 1190 g/mol. The Morgan fingerprint density at radius 3 is 1.23 bits per heavy atom. The second-order valence-corrected chi connectivity index (χ2v) is 26.3. The number of likely N-dealkylation sites (tertiary alicyclic amines) is 1. The number of ether oxygens (including phenoxy) is 2. The average molecular weight is 1190 g/mol. The number of carbonyl (C=O) groups excluding carboxylic acids is 2. The summed E-state index contributed by atoms with van der Waals surface area (Å²) in [5.41, 5.74) is 0.607. The molecule has 2 fully saturated rings. The average Bonchev–Trinajstić information content (AvgIpc) is 3.59. The number of nitrogens with one attached hydrogen (secondary N) is 1. The molecule has 4 heterocycles. The zero-order valence-electron chi connectivity index (χ0n) is 45.1. The quantitative estimate of drug-likeness (QED) is 0.0726. The van der Waals surface area contributed by atoms with E-state index in [2.05, 4.69) is 30.2 Å². The van der Waals surface area contributed by atoms with Crippen LogP contribution in [0.4, 0.5) is 43.9 Å². The van der Waals surface area contributed by atoms with Crippen molar-refractivity contribution in [3.8, 4) is 22.5 Å². The second kappa shape index (κ2) is 24.4. The van der Waals surface area contributed by atoms with Crippen molar-refractivity contribution in [2.24, 2.45) is 0 Å². The van der Waals surface area contributed by atoms with Gasteiger partial charge in [-0.05, 0) is 123 Å². The number of hydrogen-bond acceptors (Lipinski definition) is 14. The Hall–Kier alpha value is -6.12. The van der Waals surface area contributed by atoms with Crippen molar-refractivity contribution in [1.82, 2.24) is 30.2 Å². The van der Waals surface area contributed by atoms with Gasteiger partial charge in [-0.15, -0.1) is 0 Å². The fourth-order valence-corrected chi connectivity index (χ4v) is 12.7. The smallest absolute Gasteiger partial charge is 0.453 e. The van der Waals surface area contributed by atoms with Crippen molar-refractivity contribution in [2.45, 2.75) is 154 Å². The molecule has 81 heavy (non-hydrogen) atoms. The van der Waals surface area contributed by atoms with Gasteiger partial charge in [-0.1, -0.05) is 54.6 Å². The van der Waals surface area contributed by atoms with Gasteiger partial charge >= 0.3 is 36.1 Å². The van der Waals surface area contributed by atoms with E-state index in [0.29, 0.717) is 43.9 Å². The Balaban J connectivity index is 0.000000265. The van der Waals surface area contributed by atoms with Crippen LogP contribution in [-0.2, 0) is 58.1 Å². The maximum absolute atomic E-state index is 14.1. The van der Waals surface area contributed by atoms with Gasteiger partial charge in [0.1, 0.15) is 11.2 Å². The van der Waals surface area contributed by atoms with E-state index in [4.69, 9.17) is 9.47 Å². The molecular formula is C55H62F10N6O8S2. The molecule has 0 radical (unpaired) electrons. The molecule has 0 unspecified atom stereocenters. The highest BCUT2D eigenvalue weighted by Gasteiger charge is 2.59. The number of aryl methyl sites for hydroxylation is 2. The van der Waals surface area contributed by atoms with Gasteiger partial charge in [-0.3, -0.25) is 34.4 Å². The lowest BCUT2D eigenvalue weighted by Crippen LogP contribution is -2.56. The molecule has 0 aliphatic carbocycles. The highest BCUT2D eigenvalue weighted by atomic mass is 32.2. The van der Waals surface area contributed by atoms with E-state index < -0.39 is 102 Å². The van der Waals surface area contributed by atoms with Crippen LogP contribution in [0.15, 0.2) is 113 Å². The van der Waals surface area contributed by atoms with Crippen LogP contribution in [0.3, 0.4) is 0 Å². The summed E-state index contributed by atoms with van der Waals surface area (Å²) in [4.78, 5) is 44.6. The van der Waals surface area contributed by atoms with Crippen LogP contribution in [0, 0.1) is 0 Å². The fourth-order valence-electron chi connectivity index (χ4n) is 8.83. The lowest BCUT2D eigenvalue weighted by atomic mass is 9.95. The molecule has 14 nitrogen and oxygen atoms in total. The number of alkyl halides is 10. The molecule has 2 aliphatic rings. The normalized spacial score (nSPS) is 16.6. The molecule has 26 heteroatoms.